The number of nitrogens with zero attached hydrogens (tertiary/aromatic N) is 1. The zero-order valence-corrected chi connectivity index (χ0v) is 16.3. The van der Waals surface area contributed by atoms with Crippen LogP contribution in [0, 0.1) is 12.7 Å². The Kier molecular flexibility index (Phi) is 5.62. The Hall–Kier alpha value is -2.40. The smallest absolute Gasteiger partial charge is 0.319 e. The van der Waals surface area contributed by atoms with Crippen LogP contribution in [-0.2, 0) is 6.54 Å². The number of benzene rings is 2. The zero-order valence-electron chi connectivity index (χ0n) is 16.3. The lowest BCUT2D eigenvalue weighted by Gasteiger charge is -2.49. The lowest BCUT2D eigenvalue weighted by molar-refractivity contribution is 0.0200. The molecule has 4 rings (SSSR count). The number of halogens is 1. The van der Waals surface area contributed by atoms with E-state index >= 15 is 0 Å². The summed E-state index contributed by atoms with van der Waals surface area (Å²) in [6, 6.07) is 15.7. The molecule has 2 aliphatic heterocycles. The van der Waals surface area contributed by atoms with E-state index in [9.17, 15) is 9.18 Å². The number of carbonyl (C=O) groups is 1. The van der Waals surface area contributed by atoms with Gasteiger partial charge in [0.2, 0.25) is 0 Å². The van der Waals surface area contributed by atoms with E-state index in [0.717, 1.165) is 43.5 Å². The Bertz CT molecular complexity index is 792. The molecule has 2 saturated heterocycles. The predicted octanol–water partition coefficient (Wildman–Crippen LogP) is 4.84. The summed E-state index contributed by atoms with van der Waals surface area (Å²) in [5, 5.41) is 6.12. The monoisotopic (exact) mass is 381 g/mol. The molecule has 2 atom stereocenters. The van der Waals surface area contributed by atoms with Crippen LogP contribution in [0.2, 0.25) is 0 Å². The predicted molar refractivity (Wildman–Crippen MR) is 110 cm³/mol. The van der Waals surface area contributed by atoms with Crippen LogP contribution in [0.4, 0.5) is 14.9 Å². The Morgan fingerprint density at radius 3 is 2.32 bits per heavy atom. The minimum atomic E-state index is -0.188. The number of aryl methyl sites for hydroxylation is 1. The number of rotatable bonds is 4. The van der Waals surface area contributed by atoms with Gasteiger partial charge in [0.05, 0.1) is 0 Å². The van der Waals surface area contributed by atoms with Crippen molar-refractivity contribution in [1.82, 2.24) is 10.2 Å². The zero-order chi connectivity index (χ0) is 19.5. The van der Waals surface area contributed by atoms with Gasteiger partial charge in [0, 0.05) is 30.4 Å². The number of piperidine rings is 2. The van der Waals surface area contributed by atoms with E-state index in [2.05, 4.69) is 15.5 Å². The fraction of sp³-hybridized carbons (Fsp3) is 0.435. The number of amides is 2. The molecule has 0 aromatic heterocycles. The molecule has 2 fully saturated rings. The summed E-state index contributed by atoms with van der Waals surface area (Å²) in [6.07, 6.45) is 5.51. The van der Waals surface area contributed by atoms with E-state index in [0.29, 0.717) is 12.1 Å². The number of nitrogens with one attached hydrogen (secondary N) is 2. The molecule has 2 N–H and O–H groups in total. The number of anilines is 1. The van der Waals surface area contributed by atoms with E-state index in [1.54, 1.807) is 0 Å². The van der Waals surface area contributed by atoms with Gasteiger partial charge in [-0.2, -0.15) is 0 Å². The van der Waals surface area contributed by atoms with Gasteiger partial charge in [0.15, 0.2) is 0 Å². The topological polar surface area (TPSA) is 44.4 Å². The van der Waals surface area contributed by atoms with Crippen LogP contribution < -0.4 is 10.6 Å². The minimum Gasteiger partial charge on any atom is -0.335 e. The fourth-order valence-corrected chi connectivity index (χ4v) is 4.64. The van der Waals surface area contributed by atoms with E-state index in [1.165, 1.54) is 24.1 Å². The number of hydrogen-bond acceptors (Lipinski definition) is 2. The summed E-state index contributed by atoms with van der Waals surface area (Å²) in [4.78, 5) is 15.0. The molecule has 2 bridgehead atoms. The molecule has 0 radical (unpaired) electrons. The van der Waals surface area contributed by atoms with E-state index in [1.807, 2.05) is 43.3 Å². The van der Waals surface area contributed by atoms with Gasteiger partial charge in [0.25, 0.3) is 0 Å². The van der Waals surface area contributed by atoms with Crippen LogP contribution in [-0.4, -0.2) is 29.1 Å². The van der Waals surface area contributed by atoms with E-state index < -0.39 is 0 Å². The van der Waals surface area contributed by atoms with Crippen LogP contribution in [0.15, 0.2) is 48.5 Å². The first kappa shape index (κ1) is 18.9. The standard InChI is InChI=1S/C23H28FN3O/c1-16-5-11-19(12-6-16)25-23(28)26-20-13-21-3-2-4-22(14-20)27(21)15-17-7-9-18(24)10-8-17/h5-12,20-22H,2-4,13-15H2,1H3,(H2,25,26,28)/t21-,22-/m0/s1. The summed E-state index contributed by atoms with van der Waals surface area (Å²) < 4.78 is 13.2. The summed E-state index contributed by atoms with van der Waals surface area (Å²) in [5.41, 5.74) is 3.14. The van der Waals surface area contributed by atoms with E-state index in [-0.39, 0.29) is 17.9 Å². The molecule has 0 unspecified atom stereocenters. The number of carbonyl (C=O) groups excluding carboxylic acids is 1. The number of fused-ring (bicyclic) bond motifs is 2. The second-order valence-electron chi connectivity index (χ2n) is 8.17. The summed E-state index contributed by atoms with van der Waals surface area (Å²) in [7, 11) is 0. The third-order valence-corrected chi connectivity index (χ3v) is 6.05. The molecule has 2 amide bonds. The molecule has 0 aliphatic carbocycles. The average molecular weight is 381 g/mol. The highest BCUT2D eigenvalue weighted by atomic mass is 19.1. The van der Waals surface area contributed by atoms with Gasteiger partial charge < -0.3 is 10.6 Å². The molecular weight excluding hydrogens is 353 g/mol. The molecule has 0 saturated carbocycles. The lowest BCUT2D eigenvalue weighted by atomic mass is 9.81. The maximum atomic E-state index is 13.2. The third kappa shape index (κ3) is 4.53. The molecule has 0 spiro atoms. The van der Waals surface area contributed by atoms with Crippen molar-refractivity contribution in [3.8, 4) is 0 Å². The maximum Gasteiger partial charge on any atom is 0.319 e. The minimum absolute atomic E-state index is 0.126. The van der Waals surface area contributed by atoms with Gasteiger partial charge in [-0.25, -0.2) is 9.18 Å². The fourth-order valence-electron chi connectivity index (χ4n) is 4.64. The highest BCUT2D eigenvalue weighted by molar-refractivity contribution is 5.89. The molecule has 2 aromatic carbocycles. The second-order valence-corrected chi connectivity index (χ2v) is 8.17. The van der Waals surface area contributed by atoms with E-state index in [4.69, 9.17) is 0 Å². The average Bonchev–Trinajstić information content (AvgIpc) is 2.66. The van der Waals surface area contributed by atoms with Crippen LogP contribution in [0.25, 0.3) is 0 Å². The summed E-state index contributed by atoms with van der Waals surface area (Å²) in [5.74, 6) is -0.188. The van der Waals surface area contributed by atoms with Crippen molar-refractivity contribution < 1.29 is 9.18 Å². The highest BCUT2D eigenvalue weighted by Gasteiger charge is 2.38. The van der Waals surface area contributed by atoms with Gasteiger partial charge in [-0.15, -0.1) is 0 Å². The molecule has 4 nitrogen and oxygen atoms in total. The van der Waals surface area contributed by atoms with Gasteiger partial charge in [-0.1, -0.05) is 36.2 Å². The van der Waals surface area contributed by atoms with Crippen LogP contribution in [0.3, 0.4) is 0 Å². The Labute approximate surface area is 166 Å². The highest BCUT2D eigenvalue weighted by Crippen LogP contribution is 2.35. The quantitative estimate of drug-likeness (QED) is 0.796. The van der Waals surface area contributed by atoms with Crippen molar-refractivity contribution >= 4 is 11.7 Å². The van der Waals surface area contributed by atoms with Crippen molar-refractivity contribution in [2.75, 3.05) is 5.32 Å². The van der Waals surface area contributed by atoms with Crippen LogP contribution in [0.5, 0.6) is 0 Å². The van der Waals surface area contributed by atoms with Gasteiger partial charge >= 0.3 is 6.03 Å². The molecular formula is C23H28FN3O. The van der Waals surface area contributed by atoms with Gasteiger partial charge in [-0.3, -0.25) is 4.90 Å². The van der Waals surface area contributed by atoms with Crippen LogP contribution in [0.1, 0.15) is 43.2 Å². The maximum absolute atomic E-state index is 13.2. The molecule has 5 heteroatoms. The molecule has 2 aliphatic rings. The Balaban J connectivity index is 1.35. The van der Waals surface area contributed by atoms with Crippen molar-refractivity contribution in [3.63, 3.8) is 0 Å². The van der Waals surface area contributed by atoms with Gasteiger partial charge in [-0.05, 0) is 62.4 Å². The van der Waals surface area contributed by atoms with Crippen LogP contribution >= 0.6 is 0 Å². The first-order valence-corrected chi connectivity index (χ1v) is 10.2. The normalized spacial score (nSPS) is 24.6. The van der Waals surface area contributed by atoms with Gasteiger partial charge in [0.1, 0.15) is 5.82 Å². The SMILES string of the molecule is Cc1ccc(NC(=O)NC2C[C@@H]3CCC[C@@H](C2)N3Cc2ccc(F)cc2)cc1. The lowest BCUT2D eigenvalue weighted by Crippen LogP contribution is -2.56. The molecule has 2 heterocycles. The molecule has 148 valence electrons. The number of hydrogen-bond donors (Lipinski definition) is 2. The van der Waals surface area contributed by atoms with Crippen molar-refractivity contribution in [1.29, 1.82) is 0 Å². The Morgan fingerprint density at radius 1 is 1.04 bits per heavy atom. The van der Waals surface area contributed by atoms with Crippen molar-refractivity contribution in [2.45, 2.75) is 63.7 Å². The summed E-state index contributed by atoms with van der Waals surface area (Å²) in [6.45, 7) is 2.89. The largest absolute Gasteiger partial charge is 0.335 e. The Morgan fingerprint density at radius 2 is 1.68 bits per heavy atom. The molecule has 28 heavy (non-hydrogen) atoms. The summed E-state index contributed by atoms with van der Waals surface area (Å²) >= 11 is 0. The number of urea groups is 1. The molecule has 2 aromatic rings. The first-order chi connectivity index (χ1) is 13.6. The first-order valence-electron chi connectivity index (χ1n) is 10.2. The second kappa shape index (κ2) is 8.31. The van der Waals surface area contributed by atoms with Crippen molar-refractivity contribution in [3.05, 3.63) is 65.5 Å². The third-order valence-electron chi connectivity index (χ3n) is 6.05. The van der Waals surface area contributed by atoms with Crippen molar-refractivity contribution in [2.24, 2.45) is 0 Å².